The molecule has 1 N–H and O–H groups in total. The Labute approximate surface area is 135 Å². The number of nitrogens with one attached hydrogen (secondary N) is 1. The van der Waals surface area contributed by atoms with Gasteiger partial charge in [-0.3, -0.25) is 4.79 Å². The van der Waals surface area contributed by atoms with E-state index in [1.807, 2.05) is 18.2 Å². The maximum Gasteiger partial charge on any atom is 0.230 e. The summed E-state index contributed by atoms with van der Waals surface area (Å²) in [7, 11) is 0. The smallest absolute Gasteiger partial charge is 0.230 e. The molecule has 0 unspecified atom stereocenters. The SMILES string of the molecule is CC(C)CCn1c(SCC(=O)NC2CC2)nc2ccccc21. The third-order valence-corrected chi connectivity index (χ3v) is 4.80. The van der Waals surface area contributed by atoms with Crippen LogP contribution in [0.2, 0.25) is 0 Å². The van der Waals surface area contributed by atoms with Crippen LogP contribution >= 0.6 is 11.8 Å². The zero-order valence-electron chi connectivity index (χ0n) is 13.2. The number of imidazole rings is 1. The van der Waals surface area contributed by atoms with Crippen LogP contribution in [0.25, 0.3) is 11.0 Å². The van der Waals surface area contributed by atoms with E-state index in [-0.39, 0.29) is 5.91 Å². The number of aromatic nitrogens is 2. The van der Waals surface area contributed by atoms with E-state index in [1.165, 1.54) is 0 Å². The number of nitrogens with zero attached hydrogens (tertiary/aromatic N) is 2. The Morgan fingerprint density at radius 1 is 1.41 bits per heavy atom. The summed E-state index contributed by atoms with van der Waals surface area (Å²) < 4.78 is 2.25. The quantitative estimate of drug-likeness (QED) is 0.796. The predicted octanol–water partition coefficient (Wildman–Crippen LogP) is 3.45. The highest BCUT2D eigenvalue weighted by molar-refractivity contribution is 7.99. The van der Waals surface area contributed by atoms with E-state index in [9.17, 15) is 4.79 Å². The van der Waals surface area contributed by atoms with Gasteiger partial charge in [0.1, 0.15) is 0 Å². The topological polar surface area (TPSA) is 46.9 Å². The van der Waals surface area contributed by atoms with Crippen molar-refractivity contribution in [3.63, 3.8) is 0 Å². The zero-order valence-corrected chi connectivity index (χ0v) is 14.0. The van der Waals surface area contributed by atoms with Gasteiger partial charge in [-0.1, -0.05) is 37.7 Å². The summed E-state index contributed by atoms with van der Waals surface area (Å²) in [5, 5.41) is 3.98. The molecule has 118 valence electrons. The molecule has 22 heavy (non-hydrogen) atoms. The maximum absolute atomic E-state index is 11.9. The summed E-state index contributed by atoms with van der Waals surface area (Å²) >= 11 is 1.54. The van der Waals surface area contributed by atoms with Crippen molar-refractivity contribution < 1.29 is 4.79 Å². The van der Waals surface area contributed by atoms with Crippen LogP contribution in [0.15, 0.2) is 29.4 Å². The van der Waals surface area contributed by atoms with Crippen LogP contribution in [-0.4, -0.2) is 27.3 Å². The lowest BCUT2D eigenvalue weighted by Crippen LogP contribution is -2.27. The molecular formula is C17H23N3OS. The van der Waals surface area contributed by atoms with Crippen LogP contribution in [0, 0.1) is 5.92 Å². The van der Waals surface area contributed by atoms with Gasteiger partial charge in [0.25, 0.3) is 0 Å². The molecule has 0 bridgehead atoms. The van der Waals surface area contributed by atoms with E-state index in [0.29, 0.717) is 17.7 Å². The maximum atomic E-state index is 11.9. The molecule has 0 radical (unpaired) electrons. The van der Waals surface area contributed by atoms with Gasteiger partial charge in [-0.25, -0.2) is 4.98 Å². The molecule has 5 heteroatoms. The molecule has 0 atom stereocenters. The highest BCUT2D eigenvalue weighted by atomic mass is 32.2. The van der Waals surface area contributed by atoms with E-state index in [4.69, 9.17) is 4.98 Å². The van der Waals surface area contributed by atoms with E-state index < -0.39 is 0 Å². The number of aryl methyl sites for hydroxylation is 1. The van der Waals surface area contributed by atoms with Gasteiger partial charge in [0, 0.05) is 12.6 Å². The van der Waals surface area contributed by atoms with Crippen LogP contribution in [0.1, 0.15) is 33.1 Å². The molecule has 0 aliphatic heterocycles. The molecule has 1 heterocycles. The highest BCUT2D eigenvalue weighted by Gasteiger charge is 2.23. The molecule has 1 aliphatic carbocycles. The molecule has 1 amide bonds. The predicted molar refractivity (Wildman–Crippen MR) is 91.1 cm³/mol. The van der Waals surface area contributed by atoms with Crippen LogP contribution in [0.5, 0.6) is 0 Å². The molecule has 1 aromatic carbocycles. The first-order valence-electron chi connectivity index (χ1n) is 8.01. The Bertz CT molecular complexity index is 661. The first-order valence-corrected chi connectivity index (χ1v) is 8.99. The number of hydrogen-bond acceptors (Lipinski definition) is 3. The minimum absolute atomic E-state index is 0.120. The summed E-state index contributed by atoms with van der Waals surface area (Å²) in [5.41, 5.74) is 2.17. The molecule has 1 fully saturated rings. The molecule has 1 aromatic heterocycles. The number of thioether (sulfide) groups is 1. The van der Waals surface area contributed by atoms with Gasteiger partial charge < -0.3 is 9.88 Å². The zero-order chi connectivity index (χ0) is 15.5. The Kier molecular flexibility index (Phi) is 4.71. The average molecular weight is 317 g/mol. The van der Waals surface area contributed by atoms with Gasteiger partial charge >= 0.3 is 0 Å². The molecule has 4 nitrogen and oxygen atoms in total. The molecule has 1 aliphatic rings. The Morgan fingerprint density at radius 2 is 2.18 bits per heavy atom. The van der Waals surface area contributed by atoms with Crippen molar-refractivity contribution in [2.45, 2.75) is 50.9 Å². The molecule has 0 saturated heterocycles. The van der Waals surface area contributed by atoms with E-state index in [2.05, 4.69) is 29.8 Å². The number of hydrogen-bond donors (Lipinski definition) is 1. The summed E-state index contributed by atoms with van der Waals surface area (Å²) in [5.74, 6) is 1.22. The van der Waals surface area contributed by atoms with Crippen molar-refractivity contribution in [3.8, 4) is 0 Å². The molecule has 0 spiro atoms. The first-order chi connectivity index (χ1) is 10.6. The fourth-order valence-corrected chi connectivity index (χ4v) is 3.25. The molecular weight excluding hydrogens is 294 g/mol. The van der Waals surface area contributed by atoms with Gasteiger partial charge in [0.05, 0.1) is 16.8 Å². The second-order valence-corrected chi connectivity index (χ2v) is 7.29. The minimum atomic E-state index is 0.120. The summed E-state index contributed by atoms with van der Waals surface area (Å²) in [6.07, 6.45) is 3.37. The number of fused-ring (bicyclic) bond motifs is 1. The van der Waals surface area contributed by atoms with Gasteiger partial charge in [0.15, 0.2) is 5.16 Å². The lowest BCUT2D eigenvalue weighted by Gasteiger charge is -2.10. The fraction of sp³-hybridized carbons (Fsp3) is 0.529. The van der Waals surface area contributed by atoms with E-state index in [0.717, 1.165) is 42.0 Å². The standard InChI is InChI=1S/C17H23N3OS/c1-12(2)9-10-20-15-6-4-3-5-14(15)19-17(20)22-11-16(21)18-13-7-8-13/h3-6,12-13H,7-11H2,1-2H3,(H,18,21). The van der Waals surface area contributed by atoms with Crippen LogP contribution < -0.4 is 5.32 Å². The van der Waals surface area contributed by atoms with Crippen LogP contribution in [0.3, 0.4) is 0 Å². The number of benzene rings is 1. The summed E-state index contributed by atoms with van der Waals surface area (Å²) in [4.78, 5) is 16.6. The van der Waals surface area contributed by atoms with Gasteiger partial charge in [0.2, 0.25) is 5.91 Å². The second-order valence-electron chi connectivity index (χ2n) is 6.35. The highest BCUT2D eigenvalue weighted by Crippen LogP contribution is 2.25. The van der Waals surface area contributed by atoms with Crippen molar-refractivity contribution in [2.75, 3.05) is 5.75 Å². The fourth-order valence-electron chi connectivity index (χ4n) is 2.39. The Balaban J connectivity index is 1.74. The first kappa shape index (κ1) is 15.4. The van der Waals surface area contributed by atoms with Gasteiger partial charge in [-0.2, -0.15) is 0 Å². The van der Waals surface area contributed by atoms with Gasteiger partial charge in [-0.15, -0.1) is 0 Å². The average Bonchev–Trinajstić information content (AvgIpc) is 3.22. The summed E-state index contributed by atoms with van der Waals surface area (Å²) in [6, 6.07) is 8.63. The number of carbonyl (C=O) groups is 1. The number of para-hydroxylation sites is 2. The largest absolute Gasteiger partial charge is 0.353 e. The molecule has 1 saturated carbocycles. The van der Waals surface area contributed by atoms with Crippen molar-refractivity contribution in [1.82, 2.24) is 14.9 Å². The van der Waals surface area contributed by atoms with Crippen molar-refractivity contribution in [3.05, 3.63) is 24.3 Å². The van der Waals surface area contributed by atoms with E-state index in [1.54, 1.807) is 11.8 Å². The number of rotatable bonds is 7. The van der Waals surface area contributed by atoms with Crippen molar-refractivity contribution in [2.24, 2.45) is 5.92 Å². The lowest BCUT2D eigenvalue weighted by molar-refractivity contribution is -0.118. The normalized spacial score (nSPS) is 14.7. The van der Waals surface area contributed by atoms with Crippen molar-refractivity contribution in [1.29, 1.82) is 0 Å². The Morgan fingerprint density at radius 3 is 2.91 bits per heavy atom. The van der Waals surface area contributed by atoms with Crippen LogP contribution in [-0.2, 0) is 11.3 Å². The summed E-state index contributed by atoms with van der Waals surface area (Å²) in [6.45, 7) is 5.41. The molecule has 3 rings (SSSR count). The van der Waals surface area contributed by atoms with E-state index >= 15 is 0 Å². The Hall–Kier alpha value is -1.49. The third kappa shape index (κ3) is 3.83. The lowest BCUT2D eigenvalue weighted by atomic mass is 10.1. The number of carbonyl (C=O) groups excluding carboxylic acids is 1. The third-order valence-electron chi connectivity index (χ3n) is 3.82. The second kappa shape index (κ2) is 6.73. The molecule has 2 aromatic rings. The van der Waals surface area contributed by atoms with Crippen molar-refractivity contribution >= 4 is 28.7 Å². The number of amides is 1. The minimum Gasteiger partial charge on any atom is -0.353 e. The van der Waals surface area contributed by atoms with Crippen LogP contribution in [0.4, 0.5) is 0 Å². The van der Waals surface area contributed by atoms with Gasteiger partial charge in [-0.05, 0) is 37.3 Å². The monoisotopic (exact) mass is 317 g/mol.